The molecule has 0 bridgehead atoms. The van der Waals surface area contributed by atoms with Crippen LogP contribution in [0.2, 0.25) is 0 Å². The van der Waals surface area contributed by atoms with Crippen LogP contribution in [0, 0.1) is 0 Å². The maximum absolute atomic E-state index is 10.8. The molecule has 0 aromatic carbocycles. The second-order valence-electron chi connectivity index (χ2n) is 1.94. The molecule has 56 valence electrons. The van der Waals surface area contributed by atoms with Crippen molar-refractivity contribution in [1.82, 2.24) is 25.4 Å². The Labute approximate surface area is 58.5 Å². The molecule has 0 aliphatic rings. The van der Waals surface area contributed by atoms with E-state index < -0.39 is 11.2 Å². The Morgan fingerprint density at radius 2 is 2.00 bits per heavy atom. The molecule has 3 N–H and O–H groups in total. The lowest BCUT2D eigenvalue weighted by Gasteiger charge is -1.80. The number of aromatic nitrogens is 5. The first-order valence-corrected chi connectivity index (χ1v) is 2.81. The van der Waals surface area contributed by atoms with Crippen molar-refractivity contribution in [2.45, 2.75) is 0 Å². The molecule has 11 heavy (non-hydrogen) atoms. The van der Waals surface area contributed by atoms with Gasteiger partial charge in [0.2, 0.25) is 0 Å². The minimum Gasteiger partial charge on any atom is -0.300 e. The number of aromatic amines is 3. The van der Waals surface area contributed by atoms with Crippen LogP contribution >= 0.6 is 0 Å². The van der Waals surface area contributed by atoms with Gasteiger partial charge in [0.15, 0.2) is 11.2 Å². The van der Waals surface area contributed by atoms with Gasteiger partial charge in [0.1, 0.15) is 0 Å². The van der Waals surface area contributed by atoms with Crippen molar-refractivity contribution in [2.75, 3.05) is 0 Å². The highest BCUT2D eigenvalue weighted by Crippen LogP contribution is 1.89. The van der Waals surface area contributed by atoms with Gasteiger partial charge in [0.05, 0.1) is 0 Å². The van der Waals surface area contributed by atoms with Crippen LogP contribution < -0.4 is 11.2 Å². The molecule has 0 saturated carbocycles. The first-order valence-electron chi connectivity index (χ1n) is 2.81. The van der Waals surface area contributed by atoms with Crippen molar-refractivity contribution in [1.29, 1.82) is 0 Å². The van der Waals surface area contributed by atoms with E-state index >= 15 is 0 Å². The fraction of sp³-hybridized carbons (Fsp3) is 0. The summed E-state index contributed by atoms with van der Waals surface area (Å²) < 4.78 is 0. The molecule has 2 rings (SSSR count). The summed E-state index contributed by atoms with van der Waals surface area (Å²) in [6.07, 6.45) is 0. The molecule has 7 heteroatoms. The lowest BCUT2D eigenvalue weighted by atomic mass is 10.6. The van der Waals surface area contributed by atoms with Crippen LogP contribution in [-0.4, -0.2) is 25.4 Å². The Morgan fingerprint density at radius 3 is 2.73 bits per heavy atom. The van der Waals surface area contributed by atoms with Gasteiger partial charge in [-0.05, 0) is 0 Å². The highest BCUT2D eigenvalue weighted by atomic mass is 16.1. The van der Waals surface area contributed by atoms with E-state index in [1.165, 1.54) is 0 Å². The summed E-state index contributed by atoms with van der Waals surface area (Å²) in [6.45, 7) is 0. The maximum atomic E-state index is 10.8. The Kier molecular flexibility index (Phi) is 0.945. The van der Waals surface area contributed by atoms with Crippen LogP contribution in [-0.2, 0) is 0 Å². The molecule has 2 aromatic heterocycles. The molecule has 0 radical (unpaired) electrons. The molecular formula is C4H3N5O2. The summed E-state index contributed by atoms with van der Waals surface area (Å²) in [5, 5.41) is 8.80. The molecule has 0 aliphatic carbocycles. The molecule has 0 unspecified atom stereocenters. The standard InChI is InChI=1S/C4H3N5O2/c10-3-1-2(7-9-8-3)6-4(11)5-1/h(H3,5,6,7,8,10,11). The van der Waals surface area contributed by atoms with Crippen LogP contribution in [0.15, 0.2) is 9.59 Å². The molecule has 0 amide bonds. The second-order valence-corrected chi connectivity index (χ2v) is 1.94. The zero-order chi connectivity index (χ0) is 7.84. The Morgan fingerprint density at radius 1 is 1.18 bits per heavy atom. The molecule has 2 heterocycles. The van der Waals surface area contributed by atoms with E-state index in [1.54, 1.807) is 0 Å². The van der Waals surface area contributed by atoms with Crippen LogP contribution in [0.3, 0.4) is 0 Å². The number of hydrogen-bond acceptors (Lipinski definition) is 4. The maximum Gasteiger partial charge on any atom is 0.325 e. The van der Waals surface area contributed by atoms with Crippen molar-refractivity contribution in [3.05, 3.63) is 20.8 Å². The molecule has 0 atom stereocenters. The summed E-state index contributed by atoms with van der Waals surface area (Å²) in [5.41, 5.74) is -0.650. The number of hydrogen-bond donors (Lipinski definition) is 3. The minimum atomic E-state index is -0.467. The predicted molar refractivity (Wildman–Crippen MR) is 35.1 cm³/mol. The smallest absolute Gasteiger partial charge is 0.300 e. The normalized spacial score (nSPS) is 10.5. The lowest BCUT2D eigenvalue weighted by molar-refractivity contribution is 0.865. The van der Waals surface area contributed by atoms with E-state index in [0.717, 1.165) is 0 Å². The summed E-state index contributed by atoms with van der Waals surface area (Å²) in [6, 6.07) is 0. The number of fused-ring (bicyclic) bond motifs is 1. The zero-order valence-corrected chi connectivity index (χ0v) is 5.21. The van der Waals surface area contributed by atoms with E-state index in [-0.39, 0.29) is 11.2 Å². The predicted octanol–water partition coefficient (Wildman–Crippen LogP) is -1.67. The van der Waals surface area contributed by atoms with Crippen molar-refractivity contribution in [2.24, 2.45) is 0 Å². The van der Waals surface area contributed by atoms with Crippen LogP contribution in [0.25, 0.3) is 11.2 Å². The van der Waals surface area contributed by atoms with E-state index in [1.807, 2.05) is 0 Å². The van der Waals surface area contributed by atoms with Gasteiger partial charge in [-0.3, -0.25) is 14.8 Å². The third kappa shape index (κ3) is 0.741. The van der Waals surface area contributed by atoms with Crippen molar-refractivity contribution < 1.29 is 0 Å². The summed E-state index contributed by atoms with van der Waals surface area (Å²) in [5.74, 6) is 0. The Balaban J connectivity index is 3.14. The Hall–Kier alpha value is -1.92. The van der Waals surface area contributed by atoms with Gasteiger partial charge in [-0.15, -0.1) is 5.10 Å². The van der Waals surface area contributed by atoms with E-state index in [2.05, 4.69) is 25.4 Å². The summed E-state index contributed by atoms with van der Waals surface area (Å²) >= 11 is 0. The Bertz CT molecular complexity index is 491. The first kappa shape index (κ1) is 5.83. The molecule has 2 aromatic rings. The minimum absolute atomic E-state index is 0.116. The second kappa shape index (κ2) is 1.78. The van der Waals surface area contributed by atoms with Gasteiger partial charge < -0.3 is 0 Å². The van der Waals surface area contributed by atoms with Gasteiger partial charge in [-0.1, -0.05) is 5.21 Å². The van der Waals surface area contributed by atoms with E-state index in [9.17, 15) is 9.59 Å². The quantitative estimate of drug-likeness (QED) is 0.420. The number of nitrogens with one attached hydrogen (secondary N) is 3. The largest absolute Gasteiger partial charge is 0.325 e. The van der Waals surface area contributed by atoms with Crippen LogP contribution in [0.1, 0.15) is 0 Å². The molecular weight excluding hydrogens is 150 g/mol. The molecule has 0 fully saturated rings. The number of nitrogens with zero attached hydrogens (tertiary/aromatic N) is 2. The van der Waals surface area contributed by atoms with Gasteiger partial charge in [-0.25, -0.2) is 9.89 Å². The number of rotatable bonds is 0. The van der Waals surface area contributed by atoms with Gasteiger partial charge in [0.25, 0.3) is 5.56 Å². The van der Waals surface area contributed by atoms with Crippen molar-refractivity contribution >= 4 is 11.2 Å². The van der Waals surface area contributed by atoms with Crippen molar-refractivity contribution in [3.63, 3.8) is 0 Å². The average molecular weight is 153 g/mol. The highest BCUT2D eigenvalue weighted by Gasteiger charge is 2.01. The van der Waals surface area contributed by atoms with Gasteiger partial charge >= 0.3 is 5.69 Å². The monoisotopic (exact) mass is 153 g/mol. The molecule has 7 nitrogen and oxygen atoms in total. The third-order valence-corrected chi connectivity index (χ3v) is 1.24. The lowest BCUT2D eigenvalue weighted by Crippen LogP contribution is -2.09. The topological polar surface area (TPSA) is 107 Å². The molecule has 0 spiro atoms. The molecule has 0 aliphatic heterocycles. The fourth-order valence-electron chi connectivity index (χ4n) is 0.790. The van der Waals surface area contributed by atoms with Crippen molar-refractivity contribution in [3.8, 4) is 0 Å². The first-order chi connectivity index (χ1) is 5.27. The summed E-state index contributed by atoms with van der Waals surface area (Å²) in [7, 11) is 0. The van der Waals surface area contributed by atoms with Gasteiger partial charge in [-0.2, -0.15) is 0 Å². The van der Waals surface area contributed by atoms with Crippen LogP contribution in [0.5, 0.6) is 0 Å². The third-order valence-electron chi connectivity index (χ3n) is 1.24. The number of H-pyrrole nitrogens is 3. The number of imidazole rings is 1. The van der Waals surface area contributed by atoms with Crippen LogP contribution in [0.4, 0.5) is 0 Å². The average Bonchev–Trinajstić information content (AvgIpc) is 2.31. The van der Waals surface area contributed by atoms with Gasteiger partial charge in [0, 0.05) is 0 Å². The molecule has 0 saturated heterocycles. The zero-order valence-electron chi connectivity index (χ0n) is 5.21. The van der Waals surface area contributed by atoms with E-state index in [4.69, 9.17) is 0 Å². The fourth-order valence-corrected chi connectivity index (χ4v) is 0.790. The highest BCUT2D eigenvalue weighted by molar-refractivity contribution is 5.66. The summed E-state index contributed by atoms with van der Waals surface area (Å²) in [4.78, 5) is 26.0. The van der Waals surface area contributed by atoms with E-state index in [0.29, 0.717) is 0 Å². The SMILES string of the molecule is O=c1[nH]c2nn[nH]c(=O)c2[nH]1.